The molecular formula is C15H13BrClNO2. The van der Waals surface area contributed by atoms with E-state index in [1.54, 1.807) is 32.4 Å². The van der Waals surface area contributed by atoms with Crippen LogP contribution in [0.2, 0.25) is 5.02 Å². The van der Waals surface area contributed by atoms with Gasteiger partial charge in [0.25, 0.3) is 0 Å². The van der Waals surface area contributed by atoms with Crippen molar-refractivity contribution in [3.63, 3.8) is 0 Å². The summed E-state index contributed by atoms with van der Waals surface area (Å²) in [6.07, 6.45) is 1.59. The van der Waals surface area contributed by atoms with Crippen LogP contribution in [0.15, 0.2) is 39.8 Å². The van der Waals surface area contributed by atoms with Crippen molar-refractivity contribution in [2.45, 2.75) is 6.92 Å². The summed E-state index contributed by atoms with van der Waals surface area (Å²) in [7, 11) is 1.61. The summed E-state index contributed by atoms with van der Waals surface area (Å²) in [5.41, 5.74) is 2.05. The summed E-state index contributed by atoms with van der Waals surface area (Å²) in [5.74, 6) is 0.927. The van der Waals surface area contributed by atoms with Crippen molar-refractivity contribution in [1.29, 1.82) is 0 Å². The Kier molecular flexibility index (Phi) is 4.68. The van der Waals surface area contributed by atoms with E-state index in [1.165, 1.54) is 0 Å². The zero-order chi connectivity index (χ0) is 14.7. The molecule has 0 unspecified atom stereocenters. The molecule has 0 heterocycles. The zero-order valence-electron chi connectivity index (χ0n) is 11.0. The van der Waals surface area contributed by atoms with Gasteiger partial charge in [-0.15, -0.1) is 0 Å². The first kappa shape index (κ1) is 14.9. The summed E-state index contributed by atoms with van der Waals surface area (Å²) in [6.45, 7) is 1.79. The predicted octanol–water partition coefficient (Wildman–Crippen LogP) is 4.88. The molecule has 0 bridgehead atoms. The van der Waals surface area contributed by atoms with Crippen LogP contribution >= 0.6 is 27.5 Å². The number of nitrogens with zero attached hydrogens (tertiary/aromatic N) is 1. The largest absolute Gasteiger partial charge is 0.507 e. The molecule has 2 aromatic rings. The molecule has 0 atom stereocenters. The zero-order valence-corrected chi connectivity index (χ0v) is 13.4. The minimum Gasteiger partial charge on any atom is -0.507 e. The van der Waals surface area contributed by atoms with Crippen molar-refractivity contribution < 1.29 is 9.84 Å². The SMILES string of the molecule is COc1ccc(N=Cc2cc(Cl)cc(C)c2O)cc1Br. The minimum absolute atomic E-state index is 0.186. The fourth-order valence-electron chi connectivity index (χ4n) is 1.74. The first-order valence-electron chi connectivity index (χ1n) is 5.88. The van der Waals surface area contributed by atoms with Crippen LogP contribution in [0.5, 0.6) is 11.5 Å². The molecule has 1 N–H and O–H groups in total. The number of benzene rings is 2. The minimum atomic E-state index is 0.186. The van der Waals surface area contributed by atoms with Crippen LogP contribution in [0.4, 0.5) is 5.69 Å². The Bertz CT molecular complexity index is 671. The standard InChI is InChI=1S/C15H13BrClNO2/c1-9-5-11(17)6-10(15(9)19)8-18-12-3-4-14(20-2)13(16)7-12/h3-8,19H,1-2H3. The molecule has 0 saturated carbocycles. The average Bonchev–Trinajstić information content (AvgIpc) is 2.41. The lowest BCUT2D eigenvalue weighted by Crippen LogP contribution is -1.86. The Morgan fingerprint density at radius 3 is 2.70 bits per heavy atom. The molecule has 2 rings (SSSR count). The third-order valence-corrected chi connectivity index (χ3v) is 3.62. The normalized spacial score (nSPS) is 11.0. The van der Waals surface area contributed by atoms with E-state index in [1.807, 2.05) is 18.2 Å². The number of hydrogen-bond donors (Lipinski definition) is 1. The van der Waals surface area contributed by atoms with Crippen molar-refractivity contribution in [2.75, 3.05) is 7.11 Å². The molecule has 0 radical (unpaired) electrons. The molecule has 0 aliphatic rings. The van der Waals surface area contributed by atoms with Gasteiger partial charge in [-0.2, -0.15) is 0 Å². The molecule has 0 amide bonds. The van der Waals surface area contributed by atoms with Gasteiger partial charge in [0.05, 0.1) is 17.3 Å². The van der Waals surface area contributed by atoms with E-state index in [2.05, 4.69) is 20.9 Å². The molecule has 3 nitrogen and oxygen atoms in total. The van der Waals surface area contributed by atoms with E-state index in [4.69, 9.17) is 16.3 Å². The maximum absolute atomic E-state index is 9.96. The number of aryl methyl sites for hydroxylation is 1. The maximum Gasteiger partial charge on any atom is 0.133 e. The molecule has 0 spiro atoms. The summed E-state index contributed by atoms with van der Waals surface area (Å²) < 4.78 is 5.98. The van der Waals surface area contributed by atoms with Gasteiger partial charge in [-0.25, -0.2) is 0 Å². The number of halogens is 2. The number of ether oxygens (including phenoxy) is 1. The van der Waals surface area contributed by atoms with E-state index in [0.717, 1.165) is 21.5 Å². The van der Waals surface area contributed by atoms with Gasteiger partial charge in [0.15, 0.2) is 0 Å². The van der Waals surface area contributed by atoms with E-state index >= 15 is 0 Å². The molecule has 2 aromatic carbocycles. The topological polar surface area (TPSA) is 41.8 Å². The number of aliphatic imine (C=N–C) groups is 1. The Hall–Kier alpha value is -1.52. The fourth-order valence-corrected chi connectivity index (χ4v) is 2.55. The Balaban J connectivity index is 2.32. The molecular weight excluding hydrogens is 342 g/mol. The molecule has 0 fully saturated rings. The smallest absolute Gasteiger partial charge is 0.133 e. The fraction of sp³-hybridized carbons (Fsp3) is 0.133. The van der Waals surface area contributed by atoms with E-state index in [9.17, 15) is 5.11 Å². The van der Waals surface area contributed by atoms with Crippen LogP contribution in [-0.2, 0) is 0 Å². The van der Waals surface area contributed by atoms with Crippen LogP contribution in [0, 0.1) is 6.92 Å². The van der Waals surface area contributed by atoms with Crippen molar-refractivity contribution in [3.8, 4) is 11.5 Å². The van der Waals surface area contributed by atoms with Crippen molar-refractivity contribution in [3.05, 3.63) is 51.0 Å². The van der Waals surface area contributed by atoms with Crippen LogP contribution in [0.25, 0.3) is 0 Å². The third-order valence-electron chi connectivity index (χ3n) is 2.78. The Labute approximate surface area is 131 Å². The maximum atomic E-state index is 9.96. The highest BCUT2D eigenvalue weighted by Crippen LogP contribution is 2.30. The third kappa shape index (κ3) is 3.32. The molecule has 0 aliphatic carbocycles. The lowest BCUT2D eigenvalue weighted by molar-refractivity contribution is 0.412. The van der Waals surface area contributed by atoms with Gasteiger partial charge in [0.2, 0.25) is 0 Å². The second-order valence-electron chi connectivity index (χ2n) is 4.24. The predicted molar refractivity (Wildman–Crippen MR) is 85.8 cm³/mol. The van der Waals surface area contributed by atoms with Gasteiger partial charge in [-0.1, -0.05) is 11.6 Å². The Morgan fingerprint density at radius 1 is 1.30 bits per heavy atom. The van der Waals surface area contributed by atoms with Gasteiger partial charge in [-0.05, 0) is 58.7 Å². The second-order valence-corrected chi connectivity index (χ2v) is 5.53. The van der Waals surface area contributed by atoms with E-state index in [-0.39, 0.29) is 5.75 Å². The number of methoxy groups -OCH3 is 1. The average molecular weight is 355 g/mol. The molecule has 20 heavy (non-hydrogen) atoms. The van der Waals surface area contributed by atoms with Crippen molar-refractivity contribution >= 4 is 39.4 Å². The van der Waals surface area contributed by atoms with Crippen LogP contribution in [0.3, 0.4) is 0 Å². The number of phenolic OH excluding ortho intramolecular Hbond substituents is 1. The van der Waals surface area contributed by atoms with Gasteiger partial charge < -0.3 is 9.84 Å². The van der Waals surface area contributed by atoms with Crippen LogP contribution < -0.4 is 4.74 Å². The monoisotopic (exact) mass is 353 g/mol. The molecule has 5 heteroatoms. The van der Waals surface area contributed by atoms with Gasteiger partial charge in [0, 0.05) is 16.8 Å². The highest BCUT2D eigenvalue weighted by atomic mass is 79.9. The van der Waals surface area contributed by atoms with E-state index < -0.39 is 0 Å². The number of hydrogen-bond acceptors (Lipinski definition) is 3. The molecule has 0 aliphatic heterocycles. The molecule has 104 valence electrons. The highest BCUT2D eigenvalue weighted by Gasteiger charge is 2.05. The quantitative estimate of drug-likeness (QED) is 0.799. The lowest BCUT2D eigenvalue weighted by Gasteiger charge is -2.05. The first-order chi connectivity index (χ1) is 9.51. The molecule has 0 aromatic heterocycles. The van der Waals surface area contributed by atoms with E-state index in [0.29, 0.717) is 10.6 Å². The molecule has 0 saturated heterocycles. The highest BCUT2D eigenvalue weighted by molar-refractivity contribution is 9.10. The summed E-state index contributed by atoms with van der Waals surface area (Å²) >= 11 is 9.37. The van der Waals surface area contributed by atoms with Crippen LogP contribution in [-0.4, -0.2) is 18.4 Å². The summed E-state index contributed by atoms with van der Waals surface area (Å²) in [6, 6.07) is 8.86. The van der Waals surface area contributed by atoms with Gasteiger partial charge >= 0.3 is 0 Å². The van der Waals surface area contributed by atoms with Crippen LogP contribution in [0.1, 0.15) is 11.1 Å². The van der Waals surface area contributed by atoms with Gasteiger partial charge in [-0.3, -0.25) is 4.99 Å². The number of phenols is 1. The number of rotatable bonds is 3. The second kappa shape index (κ2) is 6.29. The first-order valence-corrected chi connectivity index (χ1v) is 7.05. The van der Waals surface area contributed by atoms with Crippen molar-refractivity contribution in [2.24, 2.45) is 4.99 Å². The van der Waals surface area contributed by atoms with Gasteiger partial charge in [0.1, 0.15) is 11.5 Å². The summed E-state index contributed by atoms with van der Waals surface area (Å²) in [4.78, 5) is 4.33. The van der Waals surface area contributed by atoms with Crippen molar-refractivity contribution in [1.82, 2.24) is 0 Å². The Morgan fingerprint density at radius 2 is 2.05 bits per heavy atom. The number of aromatic hydroxyl groups is 1. The lowest BCUT2D eigenvalue weighted by atomic mass is 10.1. The summed E-state index contributed by atoms with van der Waals surface area (Å²) in [5, 5.41) is 10.5.